The van der Waals surface area contributed by atoms with Crippen molar-refractivity contribution in [2.45, 2.75) is 40.3 Å². The Bertz CT molecular complexity index is 1320. The van der Waals surface area contributed by atoms with Gasteiger partial charge in [0.15, 0.2) is 11.3 Å². The number of thiophene rings is 1. The molecule has 0 aromatic carbocycles. The van der Waals surface area contributed by atoms with Crippen molar-refractivity contribution in [3.63, 3.8) is 0 Å². The topological polar surface area (TPSA) is 112 Å². The van der Waals surface area contributed by atoms with Crippen LogP contribution in [-0.4, -0.2) is 45.7 Å². The summed E-state index contributed by atoms with van der Waals surface area (Å²) in [7, 11) is 0. The smallest absolute Gasteiger partial charge is 0.433 e. The lowest BCUT2D eigenvalue weighted by Crippen LogP contribution is -2.17. The SMILES string of the molecule is CCCOC(=O)c1c(NC(=O)c2nn3c(C(F)(F)F)cc(C)nc3c2Cl)sc(C(=O)OCC)c1C. The minimum atomic E-state index is -4.79. The van der Waals surface area contributed by atoms with Gasteiger partial charge in [-0.2, -0.15) is 18.3 Å². The first kappa shape index (κ1) is 26.4. The molecule has 3 heterocycles. The molecule has 3 aromatic rings. The number of carbonyl (C=O) groups is 3. The zero-order chi connectivity index (χ0) is 26.1. The molecule has 0 aliphatic rings. The van der Waals surface area contributed by atoms with Gasteiger partial charge in [-0.15, -0.1) is 11.3 Å². The molecule has 35 heavy (non-hydrogen) atoms. The van der Waals surface area contributed by atoms with Crippen molar-refractivity contribution in [2.24, 2.45) is 0 Å². The molecule has 0 aliphatic heterocycles. The Morgan fingerprint density at radius 2 is 1.86 bits per heavy atom. The van der Waals surface area contributed by atoms with Gasteiger partial charge in [0.2, 0.25) is 0 Å². The maximum atomic E-state index is 13.5. The van der Waals surface area contributed by atoms with Crippen LogP contribution < -0.4 is 5.32 Å². The van der Waals surface area contributed by atoms with Crippen LogP contribution in [0.25, 0.3) is 5.65 Å². The van der Waals surface area contributed by atoms with Crippen LogP contribution in [0.4, 0.5) is 18.2 Å². The molecule has 14 heteroatoms. The fourth-order valence-corrected chi connectivity index (χ4v) is 4.46. The highest BCUT2D eigenvalue weighted by Crippen LogP contribution is 2.36. The summed E-state index contributed by atoms with van der Waals surface area (Å²) in [5, 5.41) is 5.66. The molecule has 1 N–H and O–H groups in total. The molecular formula is C21H20ClF3N4O5S. The van der Waals surface area contributed by atoms with Crippen molar-refractivity contribution in [3.05, 3.63) is 44.2 Å². The minimum absolute atomic E-state index is 0.0208. The molecule has 0 fully saturated rings. The van der Waals surface area contributed by atoms with Gasteiger partial charge in [-0.05, 0) is 38.8 Å². The molecule has 0 unspecified atom stereocenters. The van der Waals surface area contributed by atoms with Gasteiger partial charge in [0.05, 0.1) is 18.8 Å². The molecule has 0 spiro atoms. The second-order valence-corrected chi connectivity index (χ2v) is 8.65. The second kappa shape index (κ2) is 10.2. The average Bonchev–Trinajstić information content (AvgIpc) is 3.28. The number of hydrogen-bond donors (Lipinski definition) is 1. The van der Waals surface area contributed by atoms with E-state index in [4.69, 9.17) is 21.1 Å². The first-order valence-corrected chi connectivity index (χ1v) is 11.5. The van der Waals surface area contributed by atoms with E-state index in [1.54, 1.807) is 13.8 Å². The highest BCUT2D eigenvalue weighted by atomic mass is 35.5. The number of rotatable bonds is 7. The van der Waals surface area contributed by atoms with Crippen LogP contribution in [0.2, 0.25) is 5.02 Å². The molecule has 0 bridgehead atoms. The number of nitrogens with one attached hydrogen (secondary N) is 1. The zero-order valence-corrected chi connectivity index (χ0v) is 20.6. The molecule has 1 amide bonds. The summed E-state index contributed by atoms with van der Waals surface area (Å²) in [5.41, 5.74) is -1.91. The van der Waals surface area contributed by atoms with Crippen molar-refractivity contribution in [2.75, 3.05) is 18.5 Å². The summed E-state index contributed by atoms with van der Waals surface area (Å²) < 4.78 is 51.1. The van der Waals surface area contributed by atoms with E-state index in [0.717, 1.165) is 17.4 Å². The zero-order valence-electron chi connectivity index (χ0n) is 19.0. The maximum Gasteiger partial charge on any atom is 0.433 e. The Morgan fingerprint density at radius 1 is 1.17 bits per heavy atom. The van der Waals surface area contributed by atoms with Crippen LogP contribution in [0.1, 0.15) is 67.7 Å². The van der Waals surface area contributed by atoms with E-state index < -0.39 is 40.4 Å². The van der Waals surface area contributed by atoms with Gasteiger partial charge >= 0.3 is 18.1 Å². The molecule has 188 valence electrons. The number of fused-ring (bicyclic) bond motifs is 1. The number of esters is 2. The lowest BCUT2D eigenvalue weighted by molar-refractivity contribution is -0.142. The van der Waals surface area contributed by atoms with E-state index in [2.05, 4.69) is 15.4 Å². The first-order chi connectivity index (χ1) is 16.4. The molecule has 0 aliphatic carbocycles. The quantitative estimate of drug-likeness (QED) is 0.422. The summed E-state index contributed by atoms with van der Waals surface area (Å²) >= 11 is 6.94. The Kier molecular flexibility index (Phi) is 7.70. The van der Waals surface area contributed by atoms with Gasteiger partial charge < -0.3 is 14.8 Å². The van der Waals surface area contributed by atoms with Crippen molar-refractivity contribution in [3.8, 4) is 0 Å². The van der Waals surface area contributed by atoms with Crippen LogP contribution in [0, 0.1) is 13.8 Å². The molecule has 3 rings (SSSR count). The van der Waals surface area contributed by atoms with Crippen molar-refractivity contribution in [1.82, 2.24) is 14.6 Å². The number of amides is 1. The average molecular weight is 533 g/mol. The van der Waals surface area contributed by atoms with Crippen molar-refractivity contribution < 1.29 is 37.0 Å². The summed E-state index contributed by atoms with van der Waals surface area (Å²) in [4.78, 5) is 42.0. The molecular weight excluding hydrogens is 513 g/mol. The van der Waals surface area contributed by atoms with Crippen LogP contribution in [0.5, 0.6) is 0 Å². The molecule has 0 saturated carbocycles. The van der Waals surface area contributed by atoms with Crippen molar-refractivity contribution in [1.29, 1.82) is 0 Å². The summed E-state index contributed by atoms with van der Waals surface area (Å²) in [5.74, 6) is -2.50. The van der Waals surface area contributed by atoms with Gasteiger partial charge in [0.1, 0.15) is 20.6 Å². The van der Waals surface area contributed by atoms with Gasteiger partial charge in [-0.25, -0.2) is 19.1 Å². The highest BCUT2D eigenvalue weighted by Gasteiger charge is 2.36. The number of alkyl halides is 3. The number of aryl methyl sites for hydroxylation is 1. The lowest BCUT2D eigenvalue weighted by atomic mass is 10.1. The fraction of sp³-hybridized carbons (Fsp3) is 0.381. The Balaban J connectivity index is 2.08. The number of hydrogen-bond acceptors (Lipinski definition) is 8. The molecule has 0 saturated heterocycles. The van der Waals surface area contributed by atoms with E-state index in [1.165, 1.54) is 13.8 Å². The predicted molar refractivity (Wildman–Crippen MR) is 121 cm³/mol. The van der Waals surface area contributed by atoms with Gasteiger partial charge in [0.25, 0.3) is 5.91 Å². The fourth-order valence-electron chi connectivity index (χ4n) is 3.13. The Hall–Kier alpha value is -3.19. The second-order valence-electron chi connectivity index (χ2n) is 7.25. The van der Waals surface area contributed by atoms with E-state index in [9.17, 15) is 27.6 Å². The molecule has 0 radical (unpaired) electrons. The minimum Gasteiger partial charge on any atom is -0.462 e. The Morgan fingerprint density at radius 3 is 2.46 bits per heavy atom. The first-order valence-electron chi connectivity index (χ1n) is 10.3. The van der Waals surface area contributed by atoms with Crippen LogP contribution in [-0.2, 0) is 15.7 Å². The monoisotopic (exact) mass is 532 g/mol. The van der Waals surface area contributed by atoms with Crippen LogP contribution >= 0.6 is 22.9 Å². The summed E-state index contributed by atoms with van der Waals surface area (Å²) in [6, 6.07) is 0.772. The maximum absolute atomic E-state index is 13.5. The third-order valence-corrected chi connectivity index (χ3v) is 6.18. The number of aromatic nitrogens is 3. The number of halogens is 4. The van der Waals surface area contributed by atoms with Gasteiger partial charge in [-0.1, -0.05) is 18.5 Å². The van der Waals surface area contributed by atoms with E-state index in [0.29, 0.717) is 10.9 Å². The largest absolute Gasteiger partial charge is 0.462 e. The number of anilines is 1. The third-order valence-electron chi connectivity index (χ3n) is 4.64. The lowest BCUT2D eigenvalue weighted by Gasteiger charge is -2.09. The third kappa shape index (κ3) is 5.25. The number of ether oxygens (including phenoxy) is 2. The van der Waals surface area contributed by atoms with Crippen LogP contribution in [0.3, 0.4) is 0 Å². The predicted octanol–water partition coefficient (Wildman–Crippen LogP) is 5.08. The van der Waals surface area contributed by atoms with Crippen LogP contribution in [0.15, 0.2) is 6.07 Å². The normalized spacial score (nSPS) is 11.5. The summed E-state index contributed by atoms with van der Waals surface area (Å²) in [6.45, 7) is 6.41. The van der Waals surface area contributed by atoms with E-state index >= 15 is 0 Å². The number of nitrogens with zero attached hydrogens (tertiary/aromatic N) is 3. The summed E-state index contributed by atoms with van der Waals surface area (Å²) in [6.07, 6.45) is -4.25. The Labute approximate surface area is 206 Å². The highest BCUT2D eigenvalue weighted by molar-refractivity contribution is 7.18. The molecule has 9 nitrogen and oxygen atoms in total. The van der Waals surface area contributed by atoms with E-state index in [-0.39, 0.29) is 45.6 Å². The molecule has 3 aromatic heterocycles. The molecule has 0 atom stereocenters. The number of carbonyl (C=O) groups excluding carboxylic acids is 3. The van der Waals surface area contributed by atoms with Gasteiger partial charge in [-0.3, -0.25) is 4.79 Å². The standard InChI is InChI=1S/C21H20ClF3N4O5S/c1-5-7-34-19(31)12-10(4)15(20(32)33-6-2)35-18(12)27-17(30)14-13(22)16-26-9(3)8-11(21(23,24)25)29(16)28-14/h8H,5-7H2,1-4H3,(H,27,30). The van der Waals surface area contributed by atoms with Crippen molar-refractivity contribution >= 4 is 51.4 Å². The van der Waals surface area contributed by atoms with Gasteiger partial charge in [0, 0.05) is 5.69 Å². The van der Waals surface area contributed by atoms with E-state index in [1.807, 2.05) is 0 Å².